The third-order valence-corrected chi connectivity index (χ3v) is 3.85. The fourth-order valence-corrected chi connectivity index (χ4v) is 2.94. The van der Waals surface area contributed by atoms with Crippen molar-refractivity contribution < 1.29 is 17.9 Å². The van der Waals surface area contributed by atoms with Crippen molar-refractivity contribution in [3.8, 4) is 11.5 Å². The Morgan fingerprint density at radius 1 is 1.18 bits per heavy atom. The second-order valence-corrected chi connectivity index (χ2v) is 6.55. The van der Waals surface area contributed by atoms with Crippen LogP contribution in [0.3, 0.4) is 0 Å². The lowest BCUT2D eigenvalue weighted by atomic mass is 10.1. The van der Waals surface area contributed by atoms with E-state index < -0.39 is 15.6 Å². The van der Waals surface area contributed by atoms with Crippen LogP contribution >= 0.6 is 0 Å². The van der Waals surface area contributed by atoms with E-state index in [4.69, 9.17) is 9.47 Å². The van der Waals surface area contributed by atoms with Crippen LogP contribution in [-0.2, 0) is 10.0 Å². The molecule has 0 aliphatic carbocycles. The second kappa shape index (κ2) is 3.89. The van der Waals surface area contributed by atoms with E-state index in [1.54, 1.807) is 26.8 Å². The SMILES string of the molecule is CC(C)(C)NS(=O)(=O)c1ccc2c(c1)OCO2. The molecule has 1 aromatic carbocycles. The first kappa shape index (κ1) is 12.2. The van der Waals surface area contributed by atoms with Crippen LogP contribution in [0, 0.1) is 0 Å². The van der Waals surface area contributed by atoms with Gasteiger partial charge in [0.05, 0.1) is 4.90 Å². The van der Waals surface area contributed by atoms with Crippen molar-refractivity contribution in [3.05, 3.63) is 18.2 Å². The van der Waals surface area contributed by atoms with Gasteiger partial charge in [0.2, 0.25) is 16.8 Å². The molecule has 0 saturated carbocycles. The minimum absolute atomic E-state index is 0.130. The van der Waals surface area contributed by atoms with Crippen LogP contribution in [0.4, 0.5) is 0 Å². The third-order valence-electron chi connectivity index (χ3n) is 2.09. The summed E-state index contributed by atoms with van der Waals surface area (Å²) in [6.45, 7) is 5.50. The molecule has 0 unspecified atom stereocenters. The summed E-state index contributed by atoms with van der Waals surface area (Å²) in [6, 6.07) is 4.57. The Morgan fingerprint density at radius 3 is 2.47 bits per heavy atom. The fraction of sp³-hybridized carbons (Fsp3) is 0.455. The standard InChI is InChI=1S/C11H15NO4S/c1-11(2,3)12-17(13,14)8-4-5-9-10(6-8)16-7-15-9/h4-6,12H,7H2,1-3H3. The third kappa shape index (κ3) is 2.70. The van der Waals surface area contributed by atoms with Crippen molar-refractivity contribution in [3.63, 3.8) is 0 Å². The molecule has 5 nitrogen and oxygen atoms in total. The smallest absolute Gasteiger partial charge is 0.241 e. The van der Waals surface area contributed by atoms with Gasteiger partial charge in [0, 0.05) is 11.6 Å². The van der Waals surface area contributed by atoms with Crippen molar-refractivity contribution >= 4 is 10.0 Å². The molecule has 0 bridgehead atoms. The molecule has 17 heavy (non-hydrogen) atoms. The monoisotopic (exact) mass is 257 g/mol. The van der Waals surface area contributed by atoms with Gasteiger partial charge in [-0.25, -0.2) is 13.1 Å². The Bertz CT molecular complexity index is 531. The molecule has 0 fully saturated rings. The zero-order valence-corrected chi connectivity index (χ0v) is 10.8. The summed E-state index contributed by atoms with van der Waals surface area (Å²) < 4.78 is 36.9. The molecule has 0 atom stereocenters. The van der Waals surface area contributed by atoms with Crippen LogP contribution in [0.15, 0.2) is 23.1 Å². The maximum absolute atomic E-state index is 12.0. The molecular formula is C11H15NO4S. The highest BCUT2D eigenvalue weighted by atomic mass is 32.2. The van der Waals surface area contributed by atoms with E-state index in [1.165, 1.54) is 12.1 Å². The Morgan fingerprint density at radius 2 is 1.82 bits per heavy atom. The zero-order valence-electron chi connectivity index (χ0n) is 9.98. The Balaban J connectivity index is 2.34. The first-order chi connectivity index (χ1) is 7.78. The molecule has 0 radical (unpaired) electrons. The highest BCUT2D eigenvalue weighted by molar-refractivity contribution is 7.89. The fourth-order valence-electron chi connectivity index (χ4n) is 1.51. The normalized spacial score (nSPS) is 15.0. The van der Waals surface area contributed by atoms with E-state index in [2.05, 4.69) is 4.72 Å². The molecule has 0 amide bonds. The average Bonchev–Trinajstić information content (AvgIpc) is 2.59. The van der Waals surface area contributed by atoms with Gasteiger partial charge in [-0.3, -0.25) is 0 Å². The number of hydrogen-bond donors (Lipinski definition) is 1. The molecule has 1 aliphatic rings. The van der Waals surface area contributed by atoms with E-state index in [0.717, 1.165) is 0 Å². The molecule has 2 rings (SSSR count). The molecule has 6 heteroatoms. The summed E-state index contributed by atoms with van der Waals surface area (Å²) in [5.41, 5.74) is -0.519. The largest absolute Gasteiger partial charge is 0.454 e. The van der Waals surface area contributed by atoms with Gasteiger partial charge in [0.1, 0.15) is 0 Å². The van der Waals surface area contributed by atoms with Crippen molar-refractivity contribution in [1.82, 2.24) is 4.72 Å². The Kier molecular flexibility index (Phi) is 2.79. The van der Waals surface area contributed by atoms with Gasteiger partial charge in [0.15, 0.2) is 11.5 Å². The Hall–Kier alpha value is -1.27. The number of benzene rings is 1. The summed E-state index contributed by atoms with van der Waals surface area (Å²) in [6.07, 6.45) is 0. The lowest BCUT2D eigenvalue weighted by molar-refractivity contribution is 0.174. The van der Waals surface area contributed by atoms with Crippen LogP contribution in [-0.4, -0.2) is 20.7 Å². The van der Waals surface area contributed by atoms with Crippen molar-refractivity contribution in [2.24, 2.45) is 0 Å². The molecule has 0 spiro atoms. The summed E-state index contributed by atoms with van der Waals surface area (Å²) in [5, 5.41) is 0. The number of ether oxygens (including phenoxy) is 2. The van der Waals surface area contributed by atoms with Gasteiger partial charge in [-0.1, -0.05) is 0 Å². The van der Waals surface area contributed by atoms with Crippen LogP contribution < -0.4 is 14.2 Å². The molecule has 0 aromatic heterocycles. The van der Waals surface area contributed by atoms with E-state index >= 15 is 0 Å². The van der Waals surface area contributed by atoms with Gasteiger partial charge >= 0.3 is 0 Å². The Labute approximate surface area is 101 Å². The first-order valence-electron chi connectivity index (χ1n) is 5.22. The molecule has 1 heterocycles. The van der Waals surface area contributed by atoms with Gasteiger partial charge in [-0.2, -0.15) is 0 Å². The van der Waals surface area contributed by atoms with Crippen molar-refractivity contribution in [2.75, 3.05) is 6.79 Å². The molecule has 1 aromatic rings. The highest BCUT2D eigenvalue weighted by Gasteiger charge is 2.24. The average molecular weight is 257 g/mol. The van der Waals surface area contributed by atoms with E-state index in [-0.39, 0.29) is 11.7 Å². The molecule has 1 N–H and O–H groups in total. The van der Waals surface area contributed by atoms with Crippen molar-refractivity contribution in [1.29, 1.82) is 0 Å². The van der Waals surface area contributed by atoms with Crippen LogP contribution in [0.2, 0.25) is 0 Å². The quantitative estimate of drug-likeness (QED) is 0.871. The maximum Gasteiger partial charge on any atom is 0.241 e. The summed E-state index contributed by atoms with van der Waals surface area (Å²) in [5.74, 6) is 1.03. The maximum atomic E-state index is 12.0. The zero-order chi connectivity index (χ0) is 12.7. The predicted molar refractivity (Wildman–Crippen MR) is 62.6 cm³/mol. The van der Waals surface area contributed by atoms with E-state index in [9.17, 15) is 8.42 Å². The first-order valence-corrected chi connectivity index (χ1v) is 6.70. The lowest BCUT2D eigenvalue weighted by Crippen LogP contribution is -2.40. The molecule has 0 saturated heterocycles. The summed E-state index contributed by atoms with van der Waals surface area (Å²) >= 11 is 0. The van der Waals surface area contributed by atoms with Gasteiger partial charge in [-0.05, 0) is 32.9 Å². The van der Waals surface area contributed by atoms with Crippen LogP contribution in [0.5, 0.6) is 11.5 Å². The van der Waals surface area contributed by atoms with E-state index in [0.29, 0.717) is 11.5 Å². The molecular weight excluding hydrogens is 242 g/mol. The molecule has 94 valence electrons. The summed E-state index contributed by atoms with van der Waals surface area (Å²) in [4.78, 5) is 0.177. The topological polar surface area (TPSA) is 64.6 Å². The van der Waals surface area contributed by atoms with Crippen molar-refractivity contribution in [2.45, 2.75) is 31.2 Å². The van der Waals surface area contributed by atoms with E-state index in [1.807, 2.05) is 0 Å². The van der Waals surface area contributed by atoms with Gasteiger partial charge in [0.25, 0.3) is 0 Å². The van der Waals surface area contributed by atoms with Gasteiger partial charge < -0.3 is 9.47 Å². The number of nitrogens with one attached hydrogen (secondary N) is 1. The number of sulfonamides is 1. The predicted octanol–water partition coefficient (Wildman–Crippen LogP) is 1.49. The highest BCUT2D eigenvalue weighted by Crippen LogP contribution is 2.33. The number of fused-ring (bicyclic) bond motifs is 1. The second-order valence-electron chi connectivity index (χ2n) is 4.87. The number of rotatable bonds is 2. The minimum Gasteiger partial charge on any atom is -0.454 e. The van der Waals surface area contributed by atoms with Crippen LogP contribution in [0.25, 0.3) is 0 Å². The molecule has 1 aliphatic heterocycles. The lowest BCUT2D eigenvalue weighted by Gasteiger charge is -2.20. The van der Waals surface area contributed by atoms with Gasteiger partial charge in [-0.15, -0.1) is 0 Å². The van der Waals surface area contributed by atoms with Crippen LogP contribution in [0.1, 0.15) is 20.8 Å². The number of hydrogen-bond acceptors (Lipinski definition) is 4. The minimum atomic E-state index is -3.53. The summed E-state index contributed by atoms with van der Waals surface area (Å²) in [7, 11) is -3.53.